The lowest BCUT2D eigenvalue weighted by Gasteiger charge is -2.12. The fraction of sp³-hybridized carbons (Fsp3) is 0.357. The van der Waals surface area contributed by atoms with Gasteiger partial charge in [0.05, 0.1) is 36.5 Å². The van der Waals surface area contributed by atoms with Crippen molar-refractivity contribution in [1.29, 1.82) is 0 Å². The first-order valence-corrected chi connectivity index (χ1v) is 18.1. The van der Waals surface area contributed by atoms with E-state index in [0.29, 0.717) is 79.8 Å². The van der Waals surface area contributed by atoms with E-state index in [0.717, 1.165) is 34.4 Å². The zero-order valence-corrected chi connectivity index (χ0v) is 32.2. The maximum absolute atomic E-state index is 13.7. The molecule has 1 aromatic carbocycles. The Labute approximate surface area is 317 Å². The number of hydrogen-bond donors (Lipinski definition) is 3. The third-order valence-electron chi connectivity index (χ3n) is 10.4. The second-order valence-corrected chi connectivity index (χ2v) is 13.5. The molecule has 0 saturated heterocycles. The number of H-pyrrole nitrogens is 2. The lowest BCUT2D eigenvalue weighted by molar-refractivity contribution is -0.141. The van der Waals surface area contributed by atoms with Gasteiger partial charge >= 0.3 is 18.1 Å². The molecule has 0 spiro atoms. The summed E-state index contributed by atoms with van der Waals surface area (Å²) in [4.78, 5) is 60.7. The predicted molar refractivity (Wildman–Crippen MR) is 203 cm³/mol. The molecular formula is C42H45F3N4O6. The number of aliphatic imine (C=N–C) groups is 1. The van der Waals surface area contributed by atoms with Crippen LogP contribution >= 0.6 is 0 Å². The van der Waals surface area contributed by atoms with Crippen LogP contribution in [0.3, 0.4) is 0 Å². The number of nitrogens with one attached hydrogen (secondary N) is 3. The summed E-state index contributed by atoms with van der Waals surface area (Å²) in [6.07, 6.45) is 0.763. The van der Waals surface area contributed by atoms with Crippen LogP contribution < -0.4 is 16.0 Å². The van der Waals surface area contributed by atoms with Crippen molar-refractivity contribution in [3.05, 3.63) is 108 Å². The molecule has 0 saturated carbocycles. The molecule has 0 bridgehead atoms. The molecule has 0 unspecified atom stereocenters. The van der Waals surface area contributed by atoms with Crippen LogP contribution in [0.15, 0.2) is 57.2 Å². The quantitative estimate of drug-likeness (QED) is 0.190. The minimum absolute atomic E-state index is 0.0433. The highest BCUT2D eigenvalue weighted by Crippen LogP contribution is 2.34. The van der Waals surface area contributed by atoms with Gasteiger partial charge in [0.15, 0.2) is 0 Å². The van der Waals surface area contributed by atoms with Crippen molar-refractivity contribution < 1.29 is 41.8 Å². The van der Waals surface area contributed by atoms with E-state index in [4.69, 9.17) is 9.47 Å². The summed E-state index contributed by atoms with van der Waals surface area (Å²) in [6.45, 7) is 11.5. The normalized spacial score (nSPS) is 16.4. The Morgan fingerprint density at radius 2 is 1.40 bits per heavy atom. The Bertz CT molecular complexity index is 2330. The van der Waals surface area contributed by atoms with Gasteiger partial charge in [0.25, 0.3) is 11.8 Å². The van der Waals surface area contributed by atoms with E-state index in [2.05, 4.69) is 20.3 Å². The molecule has 3 N–H and O–H groups in total. The van der Waals surface area contributed by atoms with Crippen LogP contribution in [-0.2, 0) is 47.7 Å². The van der Waals surface area contributed by atoms with Gasteiger partial charge in [0.1, 0.15) is 0 Å². The first-order chi connectivity index (χ1) is 26.0. The lowest BCUT2D eigenvalue weighted by atomic mass is 9.94. The van der Waals surface area contributed by atoms with Crippen molar-refractivity contribution in [2.75, 3.05) is 14.2 Å². The standard InChI is InChI=1S/C42H45F3N4O6/c1-9-27-21(3)31(19-33-23(5)29(40(52)48-33)15-17-35(50)54-7)46-38(27)37(25-11-13-26(14-12-25)42(43,44)45)39-28(10-2)22(4)32(47-39)20-34-24(6)30(41(53)49-34)16-18-36(51)55-8/h11-14,19-20,46-47H,9-10,15-18H2,1-8H3,(H,48,52)/b32-20+,33-19-,39-37+. The van der Waals surface area contributed by atoms with Crippen LogP contribution in [-0.4, -0.2) is 53.7 Å². The van der Waals surface area contributed by atoms with E-state index in [1.165, 1.54) is 26.4 Å². The van der Waals surface area contributed by atoms with Gasteiger partial charge in [0.2, 0.25) is 0 Å². The topological polar surface area (TPSA) is 143 Å². The minimum Gasteiger partial charge on any atom is -0.469 e. The van der Waals surface area contributed by atoms with Crippen LogP contribution in [0, 0.1) is 13.8 Å². The number of halogens is 3. The number of carbonyl (C=O) groups is 4. The van der Waals surface area contributed by atoms with Crippen LogP contribution in [0.5, 0.6) is 0 Å². The number of ether oxygens (including phenoxy) is 2. The van der Waals surface area contributed by atoms with Gasteiger partial charge in [-0.15, -0.1) is 0 Å². The Balaban J connectivity index is 1.74. The minimum atomic E-state index is -4.53. The fourth-order valence-electron chi connectivity index (χ4n) is 7.17. The number of benzene rings is 1. The van der Waals surface area contributed by atoms with Gasteiger partial charge in [0, 0.05) is 46.3 Å². The van der Waals surface area contributed by atoms with Crippen LogP contribution in [0.1, 0.15) is 98.1 Å². The molecule has 290 valence electrons. The molecule has 4 heterocycles. The number of rotatable bonds is 12. The molecule has 2 amide bonds. The summed E-state index contributed by atoms with van der Waals surface area (Å²) < 4.78 is 50.7. The highest BCUT2D eigenvalue weighted by molar-refractivity contribution is 6.30. The molecule has 0 aliphatic carbocycles. The molecule has 2 aliphatic rings. The zero-order valence-electron chi connectivity index (χ0n) is 32.2. The number of esters is 2. The average molecular weight is 759 g/mol. The molecule has 55 heavy (non-hydrogen) atoms. The SMILES string of the molecule is CCc1c(/C(c2ccc(C(F)(F)F)cc2)=c2/[nH]/c(=C/C3=NC(=O)C(CCC(=O)OC)=C3C)c(C)c2CC)[nH]c(/C=C2\NC(=O)C(CCC(=O)OC)=C2C)c1C. The number of hydrogen-bond acceptors (Lipinski definition) is 6. The Morgan fingerprint density at radius 3 is 1.96 bits per heavy atom. The molecule has 0 fully saturated rings. The number of aromatic nitrogens is 2. The number of alkyl halides is 3. The van der Waals surface area contributed by atoms with Gasteiger partial charge in [-0.05, 0) is 117 Å². The van der Waals surface area contributed by atoms with Crippen molar-refractivity contribution in [2.45, 2.75) is 86.2 Å². The molecular weight excluding hydrogens is 713 g/mol. The largest absolute Gasteiger partial charge is 0.469 e. The summed E-state index contributed by atoms with van der Waals surface area (Å²) in [7, 11) is 2.59. The zero-order chi connectivity index (χ0) is 40.4. The highest BCUT2D eigenvalue weighted by Gasteiger charge is 2.31. The molecule has 10 nitrogen and oxygen atoms in total. The van der Waals surface area contributed by atoms with E-state index in [-0.39, 0.29) is 31.6 Å². The van der Waals surface area contributed by atoms with Crippen molar-refractivity contribution in [2.24, 2.45) is 4.99 Å². The molecule has 2 aliphatic heterocycles. The second kappa shape index (κ2) is 16.3. The van der Waals surface area contributed by atoms with E-state index >= 15 is 0 Å². The summed E-state index contributed by atoms with van der Waals surface area (Å²) in [5, 5.41) is 4.27. The van der Waals surface area contributed by atoms with Crippen molar-refractivity contribution in [3.8, 4) is 0 Å². The van der Waals surface area contributed by atoms with Gasteiger partial charge in [-0.1, -0.05) is 26.0 Å². The van der Waals surface area contributed by atoms with Crippen LogP contribution in [0.4, 0.5) is 13.2 Å². The average Bonchev–Trinajstić information content (AvgIpc) is 3.81. The van der Waals surface area contributed by atoms with Gasteiger partial charge < -0.3 is 24.8 Å². The summed E-state index contributed by atoms with van der Waals surface area (Å²) >= 11 is 0. The van der Waals surface area contributed by atoms with Crippen molar-refractivity contribution >= 4 is 47.2 Å². The van der Waals surface area contributed by atoms with Crippen LogP contribution in [0.25, 0.3) is 17.7 Å². The Morgan fingerprint density at radius 1 is 0.800 bits per heavy atom. The molecule has 2 aromatic heterocycles. The second-order valence-electron chi connectivity index (χ2n) is 13.5. The van der Waals surface area contributed by atoms with E-state index < -0.39 is 29.6 Å². The van der Waals surface area contributed by atoms with Crippen molar-refractivity contribution in [1.82, 2.24) is 15.3 Å². The summed E-state index contributed by atoms with van der Waals surface area (Å²) in [5.74, 6) is -1.56. The summed E-state index contributed by atoms with van der Waals surface area (Å²) in [6, 6.07) is 5.05. The number of amides is 2. The maximum atomic E-state index is 13.7. The first-order valence-electron chi connectivity index (χ1n) is 18.1. The number of allylic oxidation sites excluding steroid dienone is 2. The molecule has 5 rings (SSSR count). The van der Waals surface area contributed by atoms with Gasteiger partial charge in [-0.3, -0.25) is 19.2 Å². The predicted octanol–water partition coefficient (Wildman–Crippen LogP) is 6.12. The van der Waals surface area contributed by atoms with E-state index in [1.54, 1.807) is 13.0 Å². The van der Waals surface area contributed by atoms with E-state index in [1.807, 2.05) is 40.7 Å². The fourth-order valence-corrected chi connectivity index (χ4v) is 7.17. The Hall–Kier alpha value is -5.72. The monoisotopic (exact) mass is 758 g/mol. The van der Waals surface area contributed by atoms with E-state index in [9.17, 15) is 32.3 Å². The van der Waals surface area contributed by atoms with Crippen LogP contribution in [0.2, 0.25) is 0 Å². The number of methoxy groups -OCH3 is 2. The Kier molecular flexibility index (Phi) is 12.0. The number of carbonyl (C=O) groups excluding carboxylic acids is 4. The molecule has 13 heteroatoms. The third-order valence-corrected chi connectivity index (χ3v) is 10.4. The third kappa shape index (κ3) is 8.20. The first kappa shape index (κ1) is 40.5. The number of aromatic amines is 2. The smallest absolute Gasteiger partial charge is 0.416 e. The maximum Gasteiger partial charge on any atom is 0.416 e. The summed E-state index contributed by atoms with van der Waals surface area (Å²) in [5.41, 5.74) is 8.73. The molecule has 0 atom stereocenters. The van der Waals surface area contributed by atoms with Crippen molar-refractivity contribution in [3.63, 3.8) is 0 Å². The van der Waals surface area contributed by atoms with Gasteiger partial charge in [-0.25, -0.2) is 4.99 Å². The number of nitrogens with zero attached hydrogens (tertiary/aromatic N) is 1. The highest BCUT2D eigenvalue weighted by atomic mass is 19.4. The molecule has 0 radical (unpaired) electrons. The van der Waals surface area contributed by atoms with Gasteiger partial charge in [-0.2, -0.15) is 13.2 Å². The molecule has 3 aromatic rings. The lowest BCUT2D eigenvalue weighted by Crippen LogP contribution is -2.19.